The number of aliphatic hydroxyl groups is 1. The first-order chi connectivity index (χ1) is 15.6. The van der Waals surface area contributed by atoms with E-state index in [2.05, 4.69) is 10.0 Å². The van der Waals surface area contributed by atoms with Crippen LogP contribution in [0.25, 0.3) is 10.4 Å². The molecule has 0 bridgehead atoms. The number of carbonyl (C=O) groups is 4. The van der Waals surface area contributed by atoms with Crippen molar-refractivity contribution in [1.29, 1.82) is 0 Å². The van der Waals surface area contributed by atoms with Crippen LogP contribution in [0.2, 0.25) is 0 Å². The van der Waals surface area contributed by atoms with Gasteiger partial charge >= 0.3 is 23.9 Å². The van der Waals surface area contributed by atoms with E-state index in [9.17, 15) is 24.3 Å². The largest absolute Gasteiger partial charge is 0.463 e. The zero-order chi connectivity index (χ0) is 25.0. The van der Waals surface area contributed by atoms with Crippen LogP contribution in [-0.2, 0) is 42.9 Å². The minimum absolute atomic E-state index is 0.405. The summed E-state index contributed by atoms with van der Waals surface area (Å²) in [4.78, 5) is 49.6. The average Bonchev–Trinajstić information content (AvgIpc) is 2.81. The maximum atomic E-state index is 11.9. The molecule has 1 heterocycles. The molecule has 1 N–H and O–H groups in total. The van der Waals surface area contributed by atoms with Crippen molar-refractivity contribution in [2.24, 2.45) is 5.11 Å². The van der Waals surface area contributed by atoms with Gasteiger partial charge in [0, 0.05) is 51.0 Å². The van der Waals surface area contributed by atoms with Crippen LogP contribution in [-0.4, -0.2) is 72.3 Å². The smallest absolute Gasteiger partial charge is 0.303 e. The van der Waals surface area contributed by atoms with Crippen LogP contribution < -0.4 is 0 Å². The lowest BCUT2D eigenvalue weighted by molar-refractivity contribution is -0.352. The van der Waals surface area contributed by atoms with Crippen molar-refractivity contribution in [2.45, 2.75) is 64.2 Å². The Balaban J connectivity index is 3.50. The van der Waals surface area contributed by atoms with Gasteiger partial charge in [0.1, 0.15) is 12.7 Å². The topological polar surface area (TPSA) is 183 Å². The first kappa shape index (κ1) is 18.2. The minimum atomic E-state index is -2.55. The summed E-state index contributed by atoms with van der Waals surface area (Å²) in [6, 6.07) is 0. The van der Waals surface area contributed by atoms with Gasteiger partial charge in [-0.3, -0.25) is 19.2 Å². The molecule has 0 saturated carbocycles. The van der Waals surface area contributed by atoms with Gasteiger partial charge in [-0.15, -0.1) is 0 Å². The molecule has 0 spiro atoms. The summed E-state index contributed by atoms with van der Waals surface area (Å²) in [6.45, 7) is -4.60. The van der Waals surface area contributed by atoms with Crippen LogP contribution in [0.1, 0.15) is 39.5 Å². The highest BCUT2D eigenvalue weighted by molar-refractivity contribution is 5.68. The molecule has 13 heteroatoms. The van der Waals surface area contributed by atoms with Crippen molar-refractivity contribution in [3.8, 4) is 0 Å². The second-order valence-electron chi connectivity index (χ2n) is 5.71. The molecular weight excluding hydrogens is 394 g/mol. The molecule has 1 fully saturated rings. The van der Waals surface area contributed by atoms with E-state index in [0.29, 0.717) is 0 Å². The number of rotatable bonds is 8. The van der Waals surface area contributed by atoms with E-state index in [-0.39, 0.29) is 0 Å². The molecule has 5 atom stereocenters. The fourth-order valence-corrected chi connectivity index (χ4v) is 2.67. The molecule has 1 saturated heterocycles. The van der Waals surface area contributed by atoms with E-state index in [1.165, 1.54) is 0 Å². The Morgan fingerprint density at radius 1 is 1.07 bits per heavy atom. The fraction of sp³-hybridized carbons (Fsp3) is 0.750. The lowest BCUT2D eigenvalue weighted by atomic mass is 9.90. The number of azide groups is 1. The summed E-state index contributed by atoms with van der Waals surface area (Å²) in [5.74, 6) is -7.07. The average molecular weight is 421 g/mol. The number of esters is 4. The molecule has 0 amide bonds. The van der Waals surface area contributed by atoms with Crippen LogP contribution in [0, 0.1) is 0 Å². The highest BCUT2D eigenvalue weighted by Crippen LogP contribution is 2.36. The zero-order valence-corrected chi connectivity index (χ0v) is 15.2. The summed E-state index contributed by atoms with van der Waals surface area (Å²) in [7, 11) is 0. The lowest BCUT2D eigenvalue weighted by Gasteiger charge is -2.48. The van der Waals surface area contributed by atoms with Gasteiger partial charge < -0.3 is 28.8 Å². The van der Waals surface area contributed by atoms with Crippen molar-refractivity contribution in [1.82, 2.24) is 0 Å². The van der Waals surface area contributed by atoms with Crippen molar-refractivity contribution in [2.75, 3.05) is 13.2 Å². The SMILES string of the molecule is [2H]CC(=O)OC[C@H]1OC(O)(CCN=[N+]=[N-])[C@@H](OC(=O)C[2H])[C@@H](OC(=O)C[2H])[C@@H]1OC(=O)C[2H]. The molecule has 1 rings (SSSR count). The van der Waals surface area contributed by atoms with E-state index >= 15 is 0 Å². The predicted octanol–water partition coefficient (Wildman–Crippen LogP) is 0.132. The molecular formula is C16H23N3O10. The van der Waals surface area contributed by atoms with E-state index in [4.69, 9.17) is 34.7 Å². The van der Waals surface area contributed by atoms with Gasteiger partial charge in [0.2, 0.25) is 5.79 Å². The number of hydrogen-bond acceptors (Lipinski definition) is 11. The first-order valence-corrected chi connectivity index (χ1v) is 7.97. The minimum Gasteiger partial charge on any atom is -0.463 e. The highest BCUT2D eigenvalue weighted by Gasteiger charge is 2.59. The van der Waals surface area contributed by atoms with Crippen molar-refractivity contribution < 1.29 is 53.5 Å². The molecule has 1 unspecified atom stereocenters. The normalized spacial score (nSPS) is 30.2. The van der Waals surface area contributed by atoms with Gasteiger partial charge in [-0.1, -0.05) is 5.11 Å². The van der Waals surface area contributed by atoms with E-state index in [1.807, 2.05) is 0 Å². The summed E-state index contributed by atoms with van der Waals surface area (Å²) in [6.07, 6.45) is -7.53. The third-order valence-corrected chi connectivity index (χ3v) is 3.62. The predicted molar refractivity (Wildman–Crippen MR) is 91.7 cm³/mol. The van der Waals surface area contributed by atoms with Gasteiger partial charge in [-0.2, -0.15) is 0 Å². The van der Waals surface area contributed by atoms with Crippen LogP contribution in [0.15, 0.2) is 5.11 Å². The molecule has 1 aliphatic heterocycles. The molecule has 13 nitrogen and oxygen atoms in total. The molecule has 29 heavy (non-hydrogen) atoms. The Morgan fingerprint density at radius 3 is 2.24 bits per heavy atom. The maximum Gasteiger partial charge on any atom is 0.303 e. The standard InChI is InChI=1S/C16H23N3O10/c1-8(20)25-7-12-13(26-9(2)21)14(27-10(3)22)15(28-11(4)23)16(24,29-12)5-6-18-19-17/h12-15,24H,5-7H2,1-4H3/t12-,13-,14+,15+,16?/m1/s1/i1D,2D,3D,4D. The Labute approximate surface area is 171 Å². The van der Waals surface area contributed by atoms with Crippen molar-refractivity contribution >= 4 is 23.9 Å². The number of hydrogen-bond donors (Lipinski definition) is 1. The van der Waals surface area contributed by atoms with Crippen LogP contribution in [0.5, 0.6) is 0 Å². The van der Waals surface area contributed by atoms with Gasteiger partial charge in [0.25, 0.3) is 0 Å². The second-order valence-corrected chi connectivity index (χ2v) is 5.71. The Kier molecular flexibility index (Phi) is 6.64. The maximum absolute atomic E-state index is 11.9. The summed E-state index contributed by atoms with van der Waals surface area (Å²) >= 11 is 0. The Hall–Kier alpha value is -2.89. The monoisotopic (exact) mass is 421 g/mol. The summed E-state index contributed by atoms with van der Waals surface area (Å²) < 4.78 is 54.0. The van der Waals surface area contributed by atoms with E-state index < -0.39 is 101 Å². The fourth-order valence-electron chi connectivity index (χ4n) is 2.67. The molecule has 0 aromatic carbocycles. The number of carbonyl (C=O) groups excluding carboxylic acids is 4. The van der Waals surface area contributed by atoms with E-state index in [0.717, 1.165) is 0 Å². The van der Waals surface area contributed by atoms with E-state index in [1.54, 1.807) is 0 Å². The Bertz CT molecular complexity index is 769. The van der Waals surface area contributed by atoms with Crippen molar-refractivity contribution in [3.05, 3.63) is 10.4 Å². The lowest BCUT2D eigenvalue weighted by Crippen LogP contribution is -2.68. The van der Waals surface area contributed by atoms with Crippen LogP contribution in [0.3, 0.4) is 0 Å². The first-order valence-electron chi connectivity index (χ1n) is 10.8. The van der Waals surface area contributed by atoms with Gasteiger partial charge in [-0.05, 0) is 5.53 Å². The van der Waals surface area contributed by atoms with Crippen LogP contribution >= 0.6 is 0 Å². The highest BCUT2D eigenvalue weighted by atomic mass is 16.7. The second kappa shape index (κ2) is 10.6. The quantitative estimate of drug-likeness (QED) is 0.186. The summed E-state index contributed by atoms with van der Waals surface area (Å²) in [5, 5.41) is 14.4. The Morgan fingerprint density at radius 2 is 1.66 bits per heavy atom. The molecule has 0 aromatic rings. The molecule has 1 aliphatic rings. The van der Waals surface area contributed by atoms with Crippen molar-refractivity contribution in [3.63, 3.8) is 0 Å². The molecule has 0 aromatic heterocycles. The number of nitrogens with zero attached hydrogens (tertiary/aromatic N) is 3. The van der Waals surface area contributed by atoms with Gasteiger partial charge in [0.05, 0.1) is 0 Å². The third kappa shape index (κ3) is 7.22. The summed E-state index contributed by atoms with van der Waals surface area (Å²) in [5.41, 5.74) is 8.51. The van der Waals surface area contributed by atoms with Crippen LogP contribution in [0.4, 0.5) is 0 Å². The zero-order valence-electron chi connectivity index (χ0n) is 19.2. The molecule has 0 aliphatic carbocycles. The molecule has 162 valence electrons. The molecule has 0 radical (unpaired) electrons. The number of ether oxygens (including phenoxy) is 5. The van der Waals surface area contributed by atoms with Gasteiger partial charge in [0.15, 0.2) is 18.3 Å². The third-order valence-electron chi connectivity index (χ3n) is 3.62. The van der Waals surface area contributed by atoms with Gasteiger partial charge in [-0.25, -0.2) is 0 Å².